The second kappa shape index (κ2) is 12.0. The van der Waals surface area contributed by atoms with E-state index in [1.807, 2.05) is 62.4 Å². The smallest absolute Gasteiger partial charge is 0.272 e. The van der Waals surface area contributed by atoms with Crippen LogP contribution in [-0.4, -0.2) is 64.7 Å². The average molecular weight is 534 g/mol. The van der Waals surface area contributed by atoms with Gasteiger partial charge in [-0.1, -0.05) is 36.4 Å². The third kappa shape index (κ3) is 6.05. The van der Waals surface area contributed by atoms with E-state index in [1.165, 1.54) is 15.6 Å². The Bertz CT molecular complexity index is 1340. The Morgan fingerprint density at radius 3 is 2.41 bits per heavy atom. The maximum Gasteiger partial charge on any atom is 0.272 e. The van der Waals surface area contributed by atoms with Crippen molar-refractivity contribution in [2.75, 3.05) is 26.8 Å². The van der Waals surface area contributed by atoms with Crippen LogP contribution in [0.1, 0.15) is 52.9 Å². The number of nitrogens with one attached hydrogen (secondary N) is 2. The first-order valence-corrected chi connectivity index (χ1v) is 13.1. The fourth-order valence-corrected chi connectivity index (χ4v) is 4.47. The molecule has 2 aromatic carbocycles. The summed E-state index contributed by atoms with van der Waals surface area (Å²) in [6.07, 6.45) is 0.576. The van der Waals surface area contributed by atoms with Crippen molar-refractivity contribution < 1.29 is 23.9 Å². The zero-order valence-corrected chi connectivity index (χ0v) is 22.8. The van der Waals surface area contributed by atoms with E-state index in [0.29, 0.717) is 44.2 Å². The lowest BCUT2D eigenvalue weighted by Crippen LogP contribution is -2.62. The van der Waals surface area contributed by atoms with Gasteiger partial charge in [0.25, 0.3) is 11.8 Å². The molecule has 0 unspecified atom stereocenters. The van der Waals surface area contributed by atoms with Crippen LogP contribution in [0.4, 0.5) is 0 Å². The molecule has 0 fully saturated rings. The van der Waals surface area contributed by atoms with Crippen LogP contribution < -0.4 is 20.1 Å². The van der Waals surface area contributed by atoms with Crippen LogP contribution in [0.15, 0.2) is 54.6 Å². The van der Waals surface area contributed by atoms with E-state index in [0.717, 1.165) is 11.1 Å². The Balaban J connectivity index is 1.39. The van der Waals surface area contributed by atoms with Crippen LogP contribution in [-0.2, 0) is 24.3 Å². The van der Waals surface area contributed by atoms with E-state index in [4.69, 9.17) is 9.47 Å². The average Bonchev–Trinajstić information content (AvgIpc) is 3.36. The maximum absolute atomic E-state index is 13.2. The second-order valence-electron chi connectivity index (χ2n) is 9.53. The van der Waals surface area contributed by atoms with Crippen LogP contribution in [0.3, 0.4) is 0 Å². The van der Waals surface area contributed by atoms with Crippen molar-refractivity contribution in [3.63, 3.8) is 0 Å². The summed E-state index contributed by atoms with van der Waals surface area (Å²) >= 11 is 0. The van der Waals surface area contributed by atoms with E-state index in [2.05, 4.69) is 15.7 Å². The largest absolute Gasteiger partial charge is 0.490 e. The minimum absolute atomic E-state index is 0.127. The fourth-order valence-electron chi connectivity index (χ4n) is 4.47. The maximum atomic E-state index is 13.2. The molecule has 206 valence electrons. The Hall–Kier alpha value is -4.34. The van der Waals surface area contributed by atoms with Gasteiger partial charge < -0.3 is 25.0 Å². The number of hydrogen-bond donors (Lipinski definition) is 2. The van der Waals surface area contributed by atoms with Crippen LogP contribution in [0.25, 0.3) is 0 Å². The third-order valence-electron chi connectivity index (χ3n) is 6.83. The predicted octanol–water partition coefficient (Wildman–Crippen LogP) is 2.81. The molecule has 0 aliphatic carbocycles. The first-order chi connectivity index (χ1) is 18.8. The van der Waals surface area contributed by atoms with Crippen molar-refractivity contribution in [1.82, 2.24) is 25.3 Å². The summed E-state index contributed by atoms with van der Waals surface area (Å²) in [6.45, 7) is 7.43. The van der Waals surface area contributed by atoms with Crippen LogP contribution in [0.5, 0.6) is 11.5 Å². The second-order valence-corrected chi connectivity index (χ2v) is 9.53. The van der Waals surface area contributed by atoms with E-state index in [9.17, 15) is 14.4 Å². The van der Waals surface area contributed by atoms with Crippen molar-refractivity contribution >= 4 is 17.7 Å². The number of nitrogens with zero attached hydrogens (tertiary/aromatic N) is 3. The molecule has 39 heavy (non-hydrogen) atoms. The molecule has 0 bridgehead atoms. The number of aromatic nitrogens is 2. The van der Waals surface area contributed by atoms with E-state index < -0.39 is 11.4 Å². The van der Waals surface area contributed by atoms with Gasteiger partial charge >= 0.3 is 0 Å². The monoisotopic (exact) mass is 533 g/mol. The molecule has 0 spiro atoms. The molecule has 1 aliphatic heterocycles. The fraction of sp³-hybridized carbons (Fsp3) is 0.379. The lowest BCUT2D eigenvalue weighted by atomic mass is 9.96. The van der Waals surface area contributed by atoms with Crippen LogP contribution in [0, 0.1) is 0 Å². The van der Waals surface area contributed by atoms with Gasteiger partial charge in [0.15, 0.2) is 17.2 Å². The lowest BCUT2D eigenvalue weighted by Gasteiger charge is -2.40. The highest BCUT2D eigenvalue weighted by atomic mass is 16.5. The number of ether oxygens (including phenoxy) is 2. The van der Waals surface area contributed by atoms with Gasteiger partial charge in [-0.3, -0.25) is 19.1 Å². The van der Waals surface area contributed by atoms with E-state index in [1.54, 1.807) is 14.0 Å². The number of likely N-dealkylation sites (N-methyl/N-ethyl adjacent to an activating group) is 1. The third-order valence-corrected chi connectivity index (χ3v) is 6.83. The Kier molecular flexibility index (Phi) is 8.53. The molecule has 3 aromatic rings. The first-order valence-electron chi connectivity index (χ1n) is 13.1. The van der Waals surface area contributed by atoms with E-state index in [-0.39, 0.29) is 29.7 Å². The SMILES string of the molecule is CCOc1ccc(CCNC(=O)c2cc3n(n2)C[C@@](C)(C(=O)NCc2ccccc2)N(C)C3=O)cc1OCC. The Morgan fingerprint density at radius 1 is 0.974 bits per heavy atom. The van der Waals surface area contributed by atoms with Gasteiger partial charge in [0.1, 0.15) is 11.2 Å². The summed E-state index contributed by atoms with van der Waals surface area (Å²) in [4.78, 5) is 40.6. The summed E-state index contributed by atoms with van der Waals surface area (Å²) in [7, 11) is 1.59. The number of hydrogen-bond acceptors (Lipinski definition) is 6. The Labute approximate surface area is 228 Å². The molecular weight excluding hydrogens is 498 g/mol. The van der Waals surface area contributed by atoms with Crippen LogP contribution >= 0.6 is 0 Å². The van der Waals surface area contributed by atoms with Gasteiger partial charge in [-0.05, 0) is 50.5 Å². The number of benzene rings is 2. The molecule has 10 heteroatoms. The molecule has 1 atom stereocenters. The molecule has 1 aliphatic rings. The molecule has 0 saturated carbocycles. The molecule has 3 amide bonds. The minimum atomic E-state index is -1.16. The Morgan fingerprint density at radius 2 is 1.69 bits per heavy atom. The highest BCUT2D eigenvalue weighted by Gasteiger charge is 2.46. The van der Waals surface area contributed by atoms with E-state index >= 15 is 0 Å². The minimum Gasteiger partial charge on any atom is -0.490 e. The standard InChI is InChI=1S/C29H35N5O5/c1-5-38-24-13-12-20(16-25(24)39-6-2)14-15-30-26(35)22-17-23-27(36)33(4)29(3,19-34(23)32-22)28(37)31-18-21-10-8-7-9-11-21/h7-13,16-17H,5-6,14-15,18-19H2,1-4H3,(H,30,35)(H,31,37)/t29-/m0/s1. The summed E-state index contributed by atoms with van der Waals surface area (Å²) in [5.74, 6) is 0.298. The zero-order chi connectivity index (χ0) is 28.0. The van der Waals surface area contributed by atoms with Crippen molar-refractivity contribution in [3.05, 3.63) is 77.1 Å². The van der Waals surface area contributed by atoms with Crippen LogP contribution in [0.2, 0.25) is 0 Å². The number of rotatable bonds is 11. The summed E-state index contributed by atoms with van der Waals surface area (Å²) in [6, 6.07) is 16.7. The summed E-state index contributed by atoms with van der Waals surface area (Å²) in [5.41, 5.74) is 1.17. The molecule has 2 heterocycles. The van der Waals surface area contributed by atoms with Gasteiger partial charge in [-0.25, -0.2) is 0 Å². The van der Waals surface area contributed by atoms with Crippen molar-refractivity contribution in [2.45, 2.75) is 45.8 Å². The van der Waals surface area contributed by atoms with Gasteiger partial charge in [0, 0.05) is 26.2 Å². The predicted molar refractivity (Wildman–Crippen MR) is 146 cm³/mol. The van der Waals surface area contributed by atoms with Crippen molar-refractivity contribution in [3.8, 4) is 11.5 Å². The van der Waals surface area contributed by atoms with Crippen molar-refractivity contribution in [2.24, 2.45) is 0 Å². The molecule has 10 nitrogen and oxygen atoms in total. The number of carbonyl (C=O) groups is 3. The highest BCUT2D eigenvalue weighted by Crippen LogP contribution is 2.29. The summed E-state index contributed by atoms with van der Waals surface area (Å²) in [5, 5.41) is 10.1. The molecule has 0 radical (unpaired) electrons. The highest BCUT2D eigenvalue weighted by molar-refractivity contribution is 6.01. The van der Waals surface area contributed by atoms with Gasteiger partial charge in [-0.2, -0.15) is 5.10 Å². The zero-order valence-electron chi connectivity index (χ0n) is 22.8. The van der Waals surface area contributed by atoms with Crippen molar-refractivity contribution in [1.29, 1.82) is 0 Å². The molecular formula is C29H35N5O5. The molecule has 2 N–H and O–H groups in total. The molecule has 0 saturated heterocycles. The number of fused-ring (bicyclic) bond motifs is 1. The topological polar surface area (TPSA) is 115 Å². The van der Waals surface area contributed by atoms with Gasteiger partial charge in [0.2, 0.25) is 5.91 Å². The lowest BCUT2D eigenvalue weighted by molar-refractivity contribution is -0.132. The number of amides is 3. The van der Waals surface area contributed by atoms with Gasteiger partial charge in [-0.15, -0.1) is 0 Å². The quantitative estimate of drug-likeness (QED) is 0.392. The van der Waals surface area contributed by atoms with Gasteiger partial charge in [0.05, 0.1) is 19.8 Å². The normalized spacial score (nSPS) is 16.4. The number of carbonyl (C=O) groups excluding carboxylic acids is 3. The molecule has 1 aromatic heterocycles. The molecule has 4 rings (SSSR count). The first kappa shape index (κ1) is 27.7. The summed E-state index contributed by atoms with van der Waals surface area (Å²) < 4.78 is 12.7.